The first-order valence-corrected chi connectivity index (χ1v) is 7.78. The molecule has 0 fully saturated rings. The van der Waals surface area contributed by atoms with E-state index in [-0.39, 0.29) is 5.41 Å². The molecule has 0 nitrogen and oxygen atoms in total. The molecule has 1 radical (unpaired) electrons. The van der Waals surface area contributed by atoms with E-state index in [4.69, 9.17) is 0 Å². The molecule has 0 spiro atoms. The molecular weight excluding hydrogens is 264 g/mol. The van der Waals surface area contributed by atoms with Crippen molar-refractivity contribution in [3.05, 3.63) is 114 Å². The third kappa shape index (κ3) is 3.12. The quantitative estimate of drug-likeness (QED) is 0.569. The second-order valence-electron chi connectivity index (χ2n) is 5.88. The van der Waals surface area contributed by atoms with E-state index in [1.807, 2.05) is 0 Å². The van der Waals surface area contributed by atoms with Crippen LogP contribution in [0, 0.1) is 6.42 Å². The van der Waals surface area contributed by atoms with Crippen LogP contribution in [0.5, 0.6) is 0 Å². The maximum Gasteiger partial charge on any atom is 0.0180 e. The molecule has 0 N–H and O–H groups in total. The molecule has 22 heavy (non-hydrogen) atoms. The molecule has 0 heteroatoms. The van der Waals surface area contributed by atoms with Gasteiger partial charge in [0.15, 0.2) is 0 Å². The van der Waals surface area contributed by atoms with Gasteiger partial charge in [0.05, 0.1) is 0 Å². The van der Waals surface area contributed by atoms with E-state index >= 15 is 0 Å². The summed E-state index contributed by atoms with van der Waals surface area (Å²) in [5.74, 6) is 0. The molecule has 0 unspecified atom stereocenters. The van der Waals surface area contributed by atoms with E-state index < -0.39 is 0 Å². The van der Waals surface area contributed by atoms with Gasteiger partial charge in [0.2, 0.25) is 0 Å². The summed E-state index contributed by atoms with van der Waals surface area (Å²) in [4.78, 5) is 0. The van der Waals surface area contributed by atoms with Gasteiger partial charge in [-0.25, -0.2) is 0 Å². The topological polar surface area (TPSA) is 0 Å². The lowest BCUT2D eigenvalue weighted by atomic mass is 9.72. The molecule has 0 aliphatic rings. The highest BCUT2D eigenvalue weighted by atomic mass is 14.3. The Morgan fingerprint density at radius 2 is 1.05 bits per heavy atom. The zero-order chi connectivity index (χ0) is 15.3. The summed E-state index contributed by atoms with van der Waals surface area (Å²) in [6, 6.07) is 32.1. The van der Waals surface area contributed by atoms with Gasteiger partial charge in [-0.1, -0.05) is 97.9 Å². The molecule has 109 valence electrons. The summed E-state index contributed by atoms with van der Waals surface area (Å²) in [7, 11) is 0. The fourth-order valence-corrected chi connectivity index (χ4v) is 2.93. The van der Waals surface area contributed by atoms with Crippen LogP contribution in [0.1, 0.15) is 30.0 Å². The lowest BCUT2D eigenvalue weighted by Crippen LogP contribution is -2.24. The van der Waals surface area contributed by atoms with Crippen molar-refractivity contribution in [1.82, 2.24) is 0 Å². The molecule has 3 aromatic rings. The molecule has 3 aromatic carbocycles. The molecule has 0 bridgehead atoms. The molecule has 0 amide bonds. The van der Waals surface area contributed by atoms with E-state index in [1.165, 1.54) is 16.7 Å². The number of hydrogen-bond donors (Lipinski definition) is 0. The molecular formula is C22H21. The van der Waals surface area contributed by atoms with Crippen molar-refractivity contribution in [3.63, 3.8) is 0 Å². The van der Waals surface area contributed by atoms with Crippen LogP contribution in [0.2, 0.25) is 0 Å². The minimum atomic E-state index is -0.0155. The Kier molecular flexibility index (Phi) is 4.39. The van der Waals surface area contributed by atoms with Gasteiger partial charge in [0, 0.05) is 5.41 Å². The van der Waals surface area contributed by atoms with Crippen molar-refractivity contribution in [2.45, 2.75) is 18.8 Å². The van der Waals surface area contributed by atoms with Crippen LogP contribution in [0.3, 0.4) is 0 Å². The van der Waals surface area contributed by atoms with Crippen LogP contribution in [-0.4, -0.2) is 0 Å². The largest absolute Gasteiger partial charge is 0.0622 e. The second kappa shape index (κ2) is 6.62. The van der Waals surface area contributed by atoms with E-state index in [1.54, 1.807) is 0 Å². The minimum Gasteiger partial charge on any atom is -0.0622 e. The predicted octanol–water partition coefficient (Wildman–Crippen LogP) is 5.64. The summed E-state index contributed by atoms with van der Waals surface area (Å²) >= 11 is 0. The Morgan fingerprint density at radius 3 is 1.50 bits per heavy atom. The van der Waals surface area contributed by atoms with Crippen LogP contribution in [0.15, 0.2) is 91.0 Å². The highest BCUT2D eigenvalue weighted by Gasteiger charge is 2.28. The van der Waals surface area contributed by atoms with Crippen molar-refractivity contribution >= 4 is 0 Å². The Morgan fingerprint density at radius 1 is 0.636 bits per heavy atom. The van der Waals surface area contributed by atoms with Crippen LogP contribution >= 0.6 is 0 Å². The Hall–Kier alpha value is -2.34. The molecule has 0 aromatic heterocycles. The van der Waals surface area contributed by atoms with E-state index in [2.05, 4.69) is 104 Å². The van der Waals surface area contributed by atoms with Gasteiger partial charge in [0.1, 0.15) is 0 Å². The third-order valence-electron chi connectivity index (χ3n) is 4.37. The summed E-state index contributed by atoms with van der Waals surface area (Å²) in [6.45, 7) is 2.33. The van der Waals surface area contributed by atoms with Gasteiger partial charge in [0.25, 0.3) is 0 Å². The van der Waals surface area contributed by atoms with Gasteiger partial charge in [-0.15, -0.1) is 0 Å². The first-order valence-electron chi connectivity index (χ1n) is 7.78. The molecule has 0 aliphatic carbocycles. The summed E-state index contributed by atoms with van der Waals surface area (Å²) < 4.78 is 0. The van der Waals surface area contributed by atoms with Crippen molar-refractivity contribution in [3.8, 4) is 0 Å². The zero-order valence-corrected chi connectivity index (χ0v) is 12.9. The van der Waals surface area contributed by atoms with Gasteiger partial charge in [-0.2, -0.15) is 0 Å². The number of rotatable bonds is 5. The highest BCUT2D eigenvalue weighted by molar-refractivity contribution is 5.40. The van der Waals surface area contributed by atoms with Crippen LogP contribution in [0.25, 0.3) is 0 Å². The summed E-state index contributed by atoms with van der Waals surface area (Å²) in [5.41, 5.74) is 3.97. The maximum atomic E-state index is 2.33. The lowest BCUT2D eigenvalue weighted by molar-refractivity contribution is 0.565. The van der Waals surface area contributed by atoms with E-state index in [0.717, 1.165) is 6.42 Å². The normalized spacial score (nSPS) is 11.3. The lowest BCUT2D eigenvalue weighted by Gasteiger charge is -2.31. The average Bonchev–Trinajstić information content (AvgIpc) is 2.62. The van der Waals surface area contributed by atoms with Crippen LogP contribution < -0.4 is 0 Å². The van der Waals surface area contributed by atoms with Crippen molar-refractivity contribution in [1.29, 1.82) is 0 Å². The summed E-state index contributed by atoms with van der Waals surface area (Å²) in [6.07, 6.45) is 3.31. The van der Waals surface area contributed by atoms with Gasteiger partial charge in [-0.05, 0) is 29.5 Å². The Balaban J connectivity index is 1.93. The van der Waals surface area contributed by atoms with E-state index in [9.17, 15) is 0 Å². The molecule has 3 rings (SSSR count). The first-order chi connectivity index (χ1) is 10.8. The minimum absolute atomic E-state index is 0.0155. The standard InChI is InChI=1S/C22H21/c1-22(20-13-7-3-8-14-20,21-15-9-4-10-16-21)18-17-19-11-5-2-6-12-19/h2-17H,18H2,1H3. The number of hydrogen-bond acceptors (Lipinski definition) is 0. The van der Waals surface area contributed by atoms with Crippen molar-refractivity contribution < 1.29 is 0 Å². The highest BCUT2D eigenvalue weighted by Crippen LogP contribution is 2.36. The zero-order valence-electron chi connectivity index (χ0n) is 12.9. The van der Waals surface area contributed by atoms with Gasteiger partial charge < -0.3 is 0 Å². The molecule has 0 heterocycles. The molecule has 0 atom stereocenters. The molecule has 0 aliphatic heterocycles. The smallest absolute Gasteiger partial charge is 0.0180 e. The predicted molar refractivity (Wildman–Crippen MR) is 93.8 cm³/mol. The maximum absolute atomic E-state index is 2.33. The fourth-order valence-electron chi connectivity index (χ4n) is 2.93. The Bertz CT molecular complexity index is 644. The fraction of sp³-hybridized carbons (Fsp3) is 0.136. The second-order valence-corrected chi connectivity index (χ2v) is 5.88. The van der Waals surface area contributed by atoms with E-state index in [0.29, 0.717) is 0 Å². The van der Waals surface area contributed by atoms with Gasteiger partial charge >= 0.3 is 0 Å². The molecule has 0 saturated heterocycles. The average molecular weight is 285 g/mol. The van der Waals surface area contributed by atoms with Crippen molar-refractivity contribution in [2.75, 3.05) is 0 Å². The monoisotopic (exact) mass is 285 g/mol. The first kappa shape index (κ1) is 14.6. The Labute approximate surface area is 133 Å². The number of benzene rings is 3. The third-order valence-corrected chi connectivity index (χ3v) is 4.37. The van der Waals surface area contributed by atoms with Gasteiger partial charge in [-0.3, -0.25) is 0 Å². The van der Waals surface area contributed by atoms with Crippen LogP contribution in [-0.2, 0) is 5.41 Å². The SMILES string of the molecule is CC(C[CH]c1ccccc1)(c1ccccc1)c1ccccc1. The van der Waals surface area contributed by atoms with Crippen molar-refractivity contribution in [2.24, 2.45) is 0 Å². The molecule has 0 saturated carbocycles. The van der Waals surface area contributed by atoms with Crippen LogP contribution in [0.4, 0.5) is 0 Å². The summed E-state index contributed by atoms with van der Waals surface area (Å²) in [5, 5.41) is 0.